The van der Waals surface area contributed by atoms with E-state index in [1.807, 2.05) is 6.07 Å². The van der Waals surface area contributed by atoms with Crippen LogP contribution in [0.2, 0.25) is 0 Å². The molecule has 2 aromatic rings. The van der Waals surface area contributed by atoms with Gasteiger partial charge >= 0.3 is 0 Å². The molecular formula is C9H5FN2S. The summed E-state index contributed by atoms with van der Waals surface area (Å²) in [5.41, 5.74) is 5.84. The van der Waals surface area contributed by atoms with Crippen molar-refractivity contribution in [3.8, 4) is 6.07 Å². The molecule has 0 bridgehead atoms. The smallest absolute Gasteiger partial charge is 0.143 e. The molecule has 13 heavy (non-hydrogen) atoms. The third-order valence-electron chi connectivity index (χ3n) is 1.70. The Morgan fingerprint density at radius 1 is 1.38 bits per heavy atom. The summed E-state index contributed by atoms with van der Waals surface area (Å²) in [7, 11) is 0. The molecule has 0 saturated carbocycles. The minimum Gasteiger partial charge on any atom is -0.399 e. The number of nitrogen functional groups attached to an aromatic ring is 1. The lowest BCUT2D eigenvalue weighted by molar-refractivity contribution is 0.642. The number of nitrogens with two attached hydrogens (primary N) is 1. The molecule has 0 aliphatic heterocycles. The lowest BCUT2D eigenvalue weighted by Crippen LogP contribution is -1.84. The molecule has 1 aromatic heterocycles. The molecule has 0 saturated heterocycles. The maximum Gasteiger partial charge on any atom is 0.143 e. The number of anilines is 1. The Kier molecular flexibility index (Phi) is 1.67. The predicted molar refractivity (Wildman–Crippen MR) is 50.9 cm³/mol. The van der Waals surface area contributed by atoms with Gasteiger partial charge in [-0.25, -0.2) is 4.39 Å². The molecule has 2 nitrogen and oxygen atoms in total. The second-order valence-electron chi connectivity index (χ2n) is 2.64. The largest absolute Gasteiger partial charge is 0.399 e. The topological polar surface area (TPSA) is 49.8 Å². The fourth-order valence-electron chi connectivity index (χ4n) is 1.19. The Bertz CT molecular complexity index is 510. The normalized spacial score (nSPS) is 10.2. The number of benzene rings is 1. The molecule has 1 heterocycles. The van der Waals surface area contributed by atoms with E-state index >= 15 is 0 Å². The highest BCUT2D eigenvalue weighted by Gasteiger charge is 2.06. The van der Waals surface area contributed by atoms with Crippen LogP contribution in [0.3, 0.4) is 0 Å². The average molecular weight is 192 g/mol. The monoisotopic (exact) mass is 192 g/mol. The van der Waals surface area contributed by atoms with Gasteiger partial charge < -0.3 is 5.73 Å². The fourth-order valence-corrected chi connectivity index (χ4v) is 2.03. The Morgan fingerprint density at radius 2 is 2.15 bits per heavy atom. The minimum atomic E-state index is -0.360. The van der Waals surface area contributed by atoms with Crippen molar-refractivity contribution in [2.24, 2.45) is 0 Å². The fraction of sp³-hybridized carbons (Fsp3) is 0. The van der Waals surface area contributed by atoms with Gasteiger partial charge in [0.15, 0.2) is 0 Å². The highest BCUT2D eigenvalue weighted by atomic mass is 32.1. The van der Waals surface area contributed by atoms with Crippen LogP contribution in [0.25, 0.3) is 10.1 Å². The van der Waals surface area contributed by atoms with Crippen molar-refractivity contribution in [3.05, 3.63) is 28.9 Å². The van der Waals surface area contributed by atoms with Crippen LogP contribution in [0, 0.1) is 17.1 Å². The number of hydrogen-bond donors (Lipinski definition) is 1. The molecule has 4 heteroatoms. The van der Waals surface area contributed by atoms with E-state index in [0.29, 0.717) is 20.7 Å². The Morgan fingerprint density at radius 3 is 2.85 bits per heavy atom. The first kappa shape index (κ1) is 8.02. The van der Waals surface area contributed by atoms with Crippen molar-refractivity contribution >= 4 is 27.1 Å². The molecule has 2 rings (SSSR count). The molecule has 0 amide bonds. The minimum absolute atomic E-state index is 0.360. The Hall–Kier alpha value is -1.60. The number of rotatable bonds is 0. The first-order valence-electron chi connectivity index (χ1n) is 3.59. The number of hydrogen-bond acceptors (Lipinski definition) is 3. The lowest BCUT2D eigenvalue weighted by atomic mass is 10.2. The summed E-state index contributed by atoms with van der Waals surface area (Å²) in [4.78, 5) is 0.500. The molecule has 1 aromatic carbocycles. The van der Waals surface area contributed by atoms with Crippen LogP contribution in [0.5, 0.6) is 0 Å². The number of nitrogens with zero attached hydrogens (tertiary/aromatic N) is 1. The number of halogens is 1. The van der Waals surface area contributed by atoms with Gasteiger partial charge in [0.05, 0.1) is 4.70 Å². The van der Waals surface area contributed by atoms with Crippen LogP contribution in [-0.4, -0.2) is 0 Å². The van der Waals surface area contributed by atoms with Crippen LogP contribution >= 0.6 is 11.3 Å². The van der Waals surface area contributed by atoms with E-state index in [0.717, 1.165) is 11.3 Å². The van der Waals surface area contributed by atoms with Crippen LogP contribution < -0.4 is 5.73 Å². The molecule has 0 aliphatic rings. The lowest BCUT2D eigenvalue weighted by Gasteiger charge is -1.94. The van der Waals surface area contributed by atoms with Gasteiger partial charge in [-0.15, -0.1) is 11.3 Å². The van der Waals surface area contributed by atoms with Gasteiger partial charge in [-0.3, -0.25) is 0 Å². The first-order chi connectivity index (χ1) is 6.20. The molecule has 0 aliphatic carbocycles. The molecule has 2 N–H and O–H groups in total. The van der Waals surface area contributed by atoms with Gasteiger partial charge in [0.2, 0.25) is 0 Å². The molecule has 64 valence electrons. The SMILES string of the molecule is N#Cc1cc2cc(N)cc(F)c2s1. The summed E-state index contributed by atoms with van der Waals surface area (Å²) >= 11 is 1.14. The summed E-state index contributed by atoms with van der Waals surface area (Å²) in [5, 5.41) is 9.30. The van der Waals surface area contributed by atoms with Gasteiger partial charge in [-0.1, -0.05) is 0 Å². The van der Waals surface area contributed by atoms with E-state index in [1.54, 1.807) is 12.1 Å². The molecule has 0 fully saturated rings. The van der Waals surface area contributed by atoms with Crippen molar-refractivity contribution in [2.45, 2.75) is 0 Å². The maximum absolute atomic E-state index is 13.2. The first-order valence-corrected chi connectivity index (χ1v) is 4.41. The van der Waals surface area contributed by atoms with E-state index < -0.39 is 0 Å². The molecule has 0 unspecified atom stereocenters. The van der Waals surface area contributed by atoms with Crippen molar-refractivity contribution in [1.82, 2.24) is 0 Å². The summed E-state index contributed by atoms with van der Waals surface area (Å²) in [6.07, 6.45) is 0. The maximum atomic E-state index is 13.2. The van der Waals surface area contributed by atoms with Crippen LogP contribution in [0.4, 0.5) is 10.1 Å². The molecule has 0 atom stereocenters. The third kappa shape index (κ3) is 1.23. The standard InChI is InChI=1S/C9H5FN2S/c10-8-3-6(12)1-5-2-7(4-11)13-9(5)8/h1-3H,12H2. The van der Waals surface area contributed by atoms with E-state index in [4.69, 9.17) is 11.0 Å². The summed E-state index contributed by atoms with van der Waals surface area (Å²) < 4.78 is 13.7. The molecular weight excluding hydrogens is 187 g/mol. The van der Waals surface area contributed by atoms with E-state index in [-0.39, 0.29) is 5.82 Å². The van der Waals surface area contributed by atoms with E-state index in [2.05, 4.69) is 0 Å². The highest BCUT2D eigenvalue weighted by molar-refractivity contribution is 7.19. The second kappa shape index (κ2) is 2.71. The summed E-state index contributed by atoms with van der Waals surface area (Å²) in [6, 6.07) is 6.54. The third-order valence-corrected chi connectivity index (χ3v) is 2.77. The van der Waals surface area contributed by atoms with E-state index in [1.165, 1.54) is 6.07 Å². The average Bonchev–Trinajstić information content (AvgIpc) is 2.47. The van der Waals surface area contributed by atoms with Crippen molar-refractivity contribution in [3.63, 3.8) is 0 Å². The van der Waals surface area contributed by atoms with Crippen molar-refractivity contribution in [1.29, 1.82) is 5.26 Å². The van der Waals surface area contributed by atoms with Gasteiger partial charge in [0.25, 0.3) is 0 Å². The van der Waals surface area contributed by atoms with Gasteiger partial charge in [-0.2, -0.15) is 5.26 Å². The zero-order chi connectivity index (χ0) is 9.42. The molecule has 0 radical (unpaired) electrons. The van der Waals surface area contributed by atoms with Crippen LogP contribution in [0.15, 0.2) is 18.2 Å². The number of nitriles is 1. The van der Waals surface area contributed by atoms with Gasteiger partial charge in [0.1, 0.15) is 16.8 Å². The van der Waals surface area contributed by atoms with Crippen LogP contribution in [0.1, 0.15) is 4.88 Å². The van der Waals surface area contributed by atoms with Crippen molar-refractivity contribution < 1.29 is 4.39 Å². The summed E-state index contributed by atoms with van der Waals surface area (Å²) in [5.74, 6) is -0.360. The van der Waals surface area contributed by atoms with Gasteiger partial charge in [0, 0.05) is 5.69 Å². The zero-order valence-electron chi connectivity index (χ0n) is 6.54. The predicted octanol–water partition coefficient (Wildman–Crippen LogP) is 2.49. The quantitative estimate of drug-likeness (QED) is 0.652. The van der Waals surface area contributed by atoms with Gasteiger partial charge in [-0.05, 0) is 23.6 Å². The second-order valence-corrected chi connectivity index (χ2v) is 3.70. The Labute approximate surface area is 78.0 Å². The Balaban J connectivity index is 2.84. The number of fused-ring (bicyclic) bond motifs is 1. The highest BCUT2D eigenvalue weighted by Crippen LogP contribution is 2.29. The summed E-state index contributed by atoms with van der Waals surface area (Å²) in [6.45, 7) is 0. The number of thiophene rings is 1. The molecule has 0 spiro atoms. The van der Waals surface area contributed by atoms with Crippen molar-refractivity contribution in [2.75, 3.05) is 5.73 Å². The zero-order valence-corrected chi connectivity index (χ0v) is 7.36. The van der Waals surface area contributed by atoms with Crippen LogP contribution in [-0.2, 0) is 0 Å². The van der Waals surface area contributed by atoms with E-state index in [9.17, 15) is 4.39 Å².